The zero-order valence-electron chi connectivity index (χ0n) is 9.72. The predicted molar refractivity (Wildman–Crippen MR) is 59.5 cm³/mol. The molecule has 2 amide bonds. The minimum Gasteiger partial charge on any atom is -0.481 e. The highest BCUT2D eigenvalue weighted by Crippen LogP contribution is 2.00. The average molecular weight is 260 g/mol. The molecule has 0 fully saturated rings. The van der Waals surface area contributed by atoms with Crippen LogP contribution in [0.5, 0.6) is 0 Å². The lowest BCUT2D eigenvalue weighted by Gasteiger charge is -2.13. The monoisotopic (exact) mass is 260 g/mol. The van der Waals surface area contributed by atoms with Crippen molar-refractivity contribution in [3.63, 3.8) is 0 Å². The first-order chi connectivity index (χ1) is 8.32. The number of carbonyl (C=O) groups excluding carboxylic acids is 2. The second-order valence-corrected chi connectivity index (χ2v) is 3.71. The van der Waals surface area contributed by atoms with Crippen LogP contribution in [0.15, 0.2) is 0 Å². The van der Waals surface area contributed by atoms with Gasteiger partial charge in [0.2, 0.25) is 11.8 Å². The van der Waals surface area contributed by atoms with E-state index >= 15 is 0 Å². The number of hydrogen-bond acceptors (Lipinski definition) is 4. The number of aliphatic carboxylic acids is 2. The van der Waals surface area contributed by atoms with Gasteiger partial charge in [-0.05, 0) is 12.8 Å². The minimum atomic E-state index is -1.26. The molecule has 8 heteroatoms. The summed E-state index contributed by atoms with van der Waals surface area (Å²) in [5.74, 6) is -3.50. The number of carboxylic acids is 2. The maximum atomic E-state index is 11.3. The Balaban J connectivity index is 4.07. The first-order valence-corrected chi connectivity index (χ1v) is 5.35. The van der Waals surface area contributed by atoms with Gasteiger partial charge in [-0.1, -0.05) is 0 Å². The van der Waals surface area contributed by atoms with Gasteiger partial charge in [0.05, 0.1) is 0 Å². The zero-order valence-corrected chi connectivity index (χ0v) is 9.72. The van der Waals surface area contributed by atoms with E-state index in [1.807, 2.05) is 0 Å². The highest BCUT2D eigenvalue weighted by Gasteiger charge is 2.20. The molecule has 0 rings (SSSR count). The van der Waals surface area contributed by atoms with Crippen molar-refractivity contribution in [2.24, 2.45) is 5.73 Å². The van der Waals surface area contributed by atoms with Gasteiger partial charge in [-0.2, -0.15) is 0 Å². The van der Waals surface area contributed by atoms with Crippen molar-refractivity contribution in [2.75, 3.05) is 0 Å². The van der Waals surface area contributed by atoms with Gasteiger partial charge in [0.1, 0.15) is 6.04 Å². The molecule has 0 aromatic heterocycles. The molecule has 0 aliphatic carbocycles. The molecule has 0 aliphatic rings. The summed E-state index contributed by atoms with van der Waals surface area (Å²) in [7, 11) is 0. The van der Waals surface area contributed by atoms with E-state index in [-0.39, 0.29) is 32.1 Å². The summed E-state index contributed by atoms with van der Waals surface area (Å²) in [6, 6.07) is -1.19. The van der Waals surface area contributed by atoms with Crippen molar-refractivity contribution in [3.8, 4) is 0 Å². The Bertz CT molecular complexity index is 341. The van der Waals surface area contributed by atoms with Crippen molar-refractivity contribution in [1.82, 2.24) is 5.32 Å². The summed E-state index contributed by atoms with van der Waals surface area (Å²) in [5.41, 5.74) is 4.88. The molecule has 0 radical (unpaired) electrons. The first kappa shape index (κ1) is 15.9. The van der Waals surface area contributed by atoms with Crippen LogP contribution < -0.4 is 11.1 Å². The van der Waals surface area contributed by atoms with Crippen LogP contribution in [0.4, 0.5) is 0 Å². The normalized spacial score (nSPS) is 11.6. The highest BCUT2D eigenvalue weighted by molar-refractivity contribution is 5.84. The maximum absolute atomic E-state index is 11.3. The zero-order chi connectivity index (χ0) is 14.1. The van der Waals surface area contributed by atoms with Crippen LogP contribution in [-0.4, -0.2) is 40.0 Å². The molecule has 102 valence electrons. The van der Waals surface area contributed by atoms with Gasteiger partial charge in [0.25, 0.3) is 0 Å². The largest absolute Gasteiger partial charge is 0.481 e. The highest BCUT2D eigenvalue weighted by atomic mass is 16.4. The predicted octanol–water partition coefficient (Wildman–Crippen LogP) is -0.924. The van der Waals surface area contributed by atoms with Gasteiger partial charge in [-0.15, -0.1) is 0 Å². The number of nitrogens with one attached hydrogen (secondary N) is 1. The SMILES string of the molecule is NC(=O)CC[C@H](NC(=O)CCCC(=O)O)C(=O)O. The quantitative estimate of drug-likeness (QED) is 0.421. The van der Waals surface area contributed by atoms with Gasteiger partial charge in [-0.3, -0.25) is 14.4 Å². The van der Waals surface area contributed by atoms with E-state index in [1.165, 1.54) is 0 Å². The standard InChI is InChI=1S/C10H16N2O6/c11-7(13)5-4-6(10(17)18)12-8(14)2-1-3-9(15)16/h6H,1-5H2,(H2,11,13)(H,12,14)(H,15,16)(H,17,18)/t6-/m0/s1. The summed E-state index contributed by atoms with van der Waals surface area (Å²) in [4.78, 5) is 42.8. The van der Waals surface area contributed by atoms with E-state index < -0.39 is 29.8 Å². The minimum absolute atomic E-state index is 0.0767. The molecule has 0 bridgehead atoms. The van der Waals surface area contributed by atoms with Crippen LogP contribution in [0.2, 0.25) is 0 Å². The van der Waals surface area contributed by atoms with Gasteiger partial charge < -0.3 is 21.3 Å². The number of hydrogen-bond donors (Lipinski definition) is 4. The Labute approximate surface area is 103 Å². The van der Waals surface area contributed by atoms with E-state index in [4.69, 9.17) is 15.9 Å². The average Bonchev–Trinajstić information content (AvgIpc) is 2.22. The molecule has 0 aliphatic heterocycles. The van der Waals surface area contributed by atoms with E-state index in [0.29, 0.717) is 0 Å². The lowest BCUT2D eigenvalue weighted by atomic mass is 10.1. The van der Waals surface area contributed by atoms with E-state index in [2.05, 4.69) is 5.32 Å². The molecule has 0 unspecified atom stereocenters. The number of primary amides is 1. The Morgan fingerprint density at radius 2 is 1.67 bits per heavy atom. The second kappa shape index (κ2) is 8.04. The van der Waals surface area contributed by atoms with Gasteiger partial charge in [-0.25, -0.2) is 4.79 Å². The Hall–Kier alpha value is -2.12. The fourth-order valence-electron chi connectivity index (χ4n) is 1.21. The number of rotatable bonds is 9. The first-order valence-electron chi connectivity index (χ1n) is 5.35. The van der Waals surface area contributed by atoms with E-state index in [1.54, 1.807) is 0 Å². The maximum Gasteiger partial charge on any atom is 0.326 e. The molecular formula is C10H16N2O6. The van der Waals surface area contributed by atoms with Crippen molar-refractivity contribution < 1.29 is 29.4 Å². The van der Waals surface area contributed by atoms with Crippen molar-refractivity contribution in [1.29, 1.82) is 0 Å². The molecule has 5 N–H and O–H groups in total. The molecule has 0 aromatic carbocycles. The second-order valence-electron chi connectivity index (χ2n) is 3.71. The molecule has 18 heavy (non-hydrogen) atoms. The summed E-state index contributed by atoms with van der Waals surface area (Å²) in [6.45, 7) is 0. The fraction of sp³-hybridized carbons (Fsp3) is 0.600. The van der Waals surface area contributed by atoms with Crippen LogP contribution >= 0.6 is 0 Å². The number of amides is 2. The molecule has 1 atom stereocenters. The van der Waals surface area contributed by atoms with Crippen molar-refractivity contribution in [3.05, 3.63) is 0 Å². The molecule has 8 nitrogen and oxygen atoms in total. The van der Waals surface area contributed by atoms with Gasteiger partial charge >= 0.3 is 11.9 Å². The topological polar surface area (TPSA) is 147 Å². The molecule has 0 saturated carbocycles. The van der Waals surface area contributed by atoms with E-state index in [0.717, 1.165) is 0 Å². The molecule has 0 heterocycles. The number of carbonyl (C=O) groups is 4. The molecule has 0 spiro atoms. The third-order valence-electron chi connectivity index (χ3n) is 2.11. The third kappa shape index (κ3) is 8.08. The Kier molecular flexibility index (Phi) is 7.10. The number of carboxylic acid groups (broad SMARTS) is 2. The van der Waals surface area contributed by atoms with Crippen LogP contribution in [0.25, 0.3) is 0 Å². The van der Waals surface area contributed by atoms with E-state index in [9.17, 15) is 19.2 Å². The lowest BCUT2D eigenvalue weighted by molar-refractivity contribution is -0.142. The summed E-state index contributed by atoms with van der Waals surface area (Å²) in [5, 5.41) is 19.4. The Morgan fingerprint density at radius 1 is 1.06 bits per heavy atom. The van der Waals surface area contributed by atoms with Crippen molar-refractivity contribution >= 4 is 23.8 Å². The smallest absolute Gasteiger partial charge is 0.326 e. The van der Waals surface area contributed by atoms with Gasteiger partial charge in [0, 0.05) is 19.3 Å². The summed E-state index contributed by atoms with van der Waals surface area (Å²) >= 11 is 0. The lowest BCUT2D eigenvalue weighted by Crippen LogP contribution is -2.41. The third-order valence-corrected chi connectivity index (χ3v) is 2.11. The molecular weight excluding hydrogens is 244 g/mol. The van der Waals surface area contributed by atoms with Crippen LogP contribution in [-0.2, 0) is 19.2 Å². The van der Waals surface area contributed by atoms with Gasteiger partial charge in [0.15, 0.2) is 0 Å². The van der Waals surface area contributed by atoms with Crippen LogP contribution in [0.1, 0.15) is 32.1 Å². The summed E-state index contributed by atoms with van der Waals surface area (Å²) < 4.78 is 0. The van der Waals surface area contributed by atoms with Crippen molar-refractivity contribution in [2.45, 2.75) is 38.1 Å². The fourth-order valence-corrected chi connectivity index (χ4v) is 1.21. The molecule has 0 saturated heterocycles. The summed E-state index contributed by atoms with van der Waals surface area (Å²) in [6.07, 6.45) is -0.343. The van der Waals surface area contributed by atoms with Crippen LogP contribution in [0.3, 0.4) is 0 Å². The number of nitrogens with two attached hydrogens (primary N) is 1. The Morgan fingerprint density at radius 3 is 2.11 bits per heavy atom. The van der Waals surface area contributed by atoms with Crippen LogP contribution in [0, 0.1) is 0 Å². The molecule has 0 aromatic rings.